The second-order valence-electron chi connectivity index (χ2n) is 3.46. The van der Waals surface area contributed by atoms with Gasteiger partial charge in [-0.15, -0.1) is 0 Å². The van der Waals surface area contributed by atoms with Crippen LogP contribution in [0.2, 0.25) is 0 Å². The fourth-order valence-electron chi connectivity index (χ4n) is 1.69. The van der Waals surface area contributed by atoms with E-state index in [2.05, 4.69) is 4.98 Å². The summed E-state index contributed by atoms with van der Waals surface area (Å²) in [4.78, 5) is 4.08. The lowest BCUT2D eigenvalue weighted by Crippen LogP contribution is -1.93. The average Bonchev–Trinajstić information content (AvgIpc) is 2.84. The lowest BCUT2D eigenvalue weighted by Gasteiger charge is -2.03. The van der Waals surface area contributed by atoms with Gasteiger partial charge in [-0.3, -0.25) is 0 Å². The molecule has 0 saturated carbocycles. The first-order valence-corrected chi connectivity index (χ1v) is 4.71. The number of nitrogens with zero attached hydrogens (tertiary/aromatic N) is 2. The van der Waals surface area contributed by atoms with Crippen LogP contribution in [0.4, 0.5) is 0 Å². The second-order valence-corrected chi connectivity index (χ2v) is 3.46. The largest absolute Gasteiger partial charge is 0.454 e. The Kier molecular flexibility index (Phi) is 1.68. The molecule has 0 unspecified atom stereocenters. The van der Waals surface area contributed by atoms with Crippen molar-refractivity contribution in [3.63, 3.8) is 0 Å². The van der Waals surface area contributed by atoms with Gasteiger partial charge in [0.25, 0.3) is 0 Å². The Morgan fingerprint density at radius 2 is 2.13 bits per heavy atom. The highest BCUT2D eigenvalue weighted by Gasteiger charge is 2.14. The van der Waals surface area contributed by atoms with E-state index in [0.717, 1.165) is 22.8 Å². The first-order chi connectivity index (χ1) is 7.34. The van der Waals surface area contributed by atoms with E-state index in [1.54, 1.807) is 6.33 Å². The van der Waals surface area contributed by atoms with Gasteiger partial charge in [-0.2, -0.15) is 0 Å². The van der Waals surface area contributed by atoms with Crippen molar-refractivity contribution in [3.05, 3.63) is 30.7 Å². The number of aryl methyl sites for hydroxylation is 1. The molecule has 0 amide bonds. The monoisotopic (exact) mass is 202 g/mol. The summed E-state index contributed by atoms with van der Waals surface area (Å²) < 4.78 is 12.6. The number of aromatic nitrogens is 2. The number of imidazole rings is 1. The number of hydrogen-bond donors (Lipinski definition) is 0. The zero-order valence-corrected chi connectivity index (χ0v) is 8.30. The fourth-order valence-corrected chi connectivity index (χ4v) is 1.69. The molecule has 15 heavy (non-hydrogen) atoms. The topological polar surface area (TPSA) is 36.3 Å². The Labute approximate surface area is 87.1 Å². The van der Waals surface area contributed by atoms with Gasteiger partial charge in [0.15, 0.2) is 11.5 Å². The molecule has 0 spiro atoms. The predicted octanol–water partition coefficient (Wildman–Crippen LogP) is 1.82. The summed E-state index contributed by atoms with van der Waals surface area (Å²) in [6, 6.07) is 5.90. The van der Waals surface area contributed by atoms with Crippen LogP contribution in [0.25, 0.3) is 11.3 Å². The number of ether oxygens (including phenoxy) is 2. The number of fused-ring (bicyclic) bond motifs is 1. The predicted molar refractivity (Wildman–Crippen MR) is 54.8 cm³/mol. The van der Waals surface area contributed by atoms with Gasteiger partial charge < -0.3 is 14.0 Å². The first-order valence-electron chi connectivity index (χ1n) is 4.71. The van der Waals surface area contributed by atoms with Gasteiger partial charge in [-0.1, -0.05) is 0 Å². The summed E-state index contributed by atoms with van der Waals surface area (Å²) in [6.45, 7) is 0.310. The van der Waals surface area contributed by atoms with Crippen molar-refractivity contribution >= 4 is 0 Å². The van der Waals surface area contributed by atoms with E-state index in [4.69, 9.17) is 9.47 Å². The minimum Gasteiger partial charge on any atom is -0.454 e. The standard InChI is InChI=1S/C11H10N2O2/c1-13-6-12-5-9(13)8-2-3-10-11(4-8)15-7-14-10/h2-6H,7H2,1H3. The van der Waals surface area contributed by atoms with Crippen molar-refractivity contribution in [1.82, 2.24) is 9.55 Å². The summed E-state index contributed by atoms with van der Waals surface area (Å²) in [5.41, 5.74) is 2.15. The third-order valence-electron chi connectivity index (χ3n) is 2.49. The molecule has 0 N–H and O–H groups in total. The molecule has 2 aromatic rings. The maximum Gasteiger partial charge on any atom is 0.231 e. The molecule has 4 heteroatoms. The summed E-state index contributed by atoms with van der Waals surface area (Å²) in [7, 11) is 1.97. The van der Waals surface area contributed by atoms with Crippen LogP contribution < -0.4 is 9.47 Å². The Hall–Kier alpha value is -1.97. The van der Waals surface area contributed by atoms with Crippen LogP contribution >= 0.6 is 0 Å². The van der Waals surface area contributed by atoms with Crippen LogP contribution in [0.5, 0.6) is 11.5 Å². The van der Waals surface area contributed by atoms with E-state index in [-0.39, 0.29) is 0 Å². The van der Waals surface area contributed by atoms with Gasteiger partial charge >= 0.3 is 0 Å². The molecule has 1 aromatic carbocycles. The first kappa shape index (κ1) is 8.35. The van der Waals surface area contributed by atoms with E-state index in [9.17, 15) is 0 Å². The summed E-state index contributed by atoms with van der Waals surface area (Å²) in [6.07, 6.45) is 3.61. The normalized spacial score (nSPS) is 13.1. The molecule has 0 bridgehead atoms. The highest BCUT2D eigenvalue weighted by Crippen LogP contribution is 2.35. The Morgan fingerprint density at radius 1 is 1.27 bits per heavy atom. The lowest BCUT2D eigenvalue weighted by molar-refractivity contribution is 0.174. The summed E-state index contributed by atoms with van der Waals surface area (Å²) >= 11 is 0. The van der Waals surface area contributed by atoms with Gasteiger partial charge in [-0.05, 0) is 18.2 Å². The molecule has 2 heterocycles. The fraction of sp³-hybridized carbons (Fsp3) is 0.182. The molecular formula is C11H10N2O2. The van der Waals surface area contributed by atoms with Crippen molar-refractivity contribution in [2.45, 2.75) is 0 Å². The van der Waals surface area contributed by atoms with E-state index in [0.29, 0.717) is 6.79 Å². The van der Waals surface area contributed by atoms with Crippen molar-refractivity contribution < 1.29 is 9.47 Å². The minimum absolute atomic E-state index is 0.310. The molecule has 0 atom stereocenters. The van der Waals surface area contributed by atoms with Crippen LogP contribution in [-0.4, -0.2) is 16.3 Å². The average molecular weight is 202 g/mol. The molecule has 1 aromatic heterocycles. The van der Waals surface area contributed by atoms with Gasteiger partial charge in [0.1, 0.15) is 0 Å². The smallest absolute Gasteiger partial charge is 0.231 e. The van der Waals surface area contributed by atoms with E-state index < -0.39 is 0 Å². The number of hydrogen-bond acceptors (Lipinski definition) is 3. The molecule has 0 saturated heterocycles. The van der Waals surface area contributed by atoms with E-state index in [1.807, 2.05) is 36.0 Å². The Balaban J connectivity index is 2.11. The number of benzene rings is 1. The molecule has 4 nitrogen and oxygen atoms in total. The third-order valence-corrected chi connectivity index (χ3v) is 2.49. The third kappa shape index (κ3) is 1.26. The molecular weight excluding hydrogens is 192 g/mol. The van der Waals surface area contributed by atoms with Gasteiger partial charge in [-0.25, -0.2) is 4.98 Å². The molecule has 3 rings (SSSR count). The summed E-state index contributed by atoms with van der Waals surface area (Å²) in [5.74, 6) is 1.61. The van der Waals surface area contributed by atoms with Gasteiger partial charge in [0.2, 0.25) is 6.79 Å². The van der Waals surface area contributed by atoms with E-state index >= 15 is 0 Å². The van der Waals surface area contributed by atoms with Crippen LogP contribution in [-0.2, 0) is 7.05 Å². The highest BCUT2D eigenvalue weighted by atomic mass is 16.7. The molecule has 76 valence electrons. The van der Waals surface area contributed by atoms with Crippen LogP contribution in [0.3, 0.4) is 0 Å². The SMILES string of the molecule is Cn1cncc1-c1ccc2c(c1)OCO2. The second kappa shape index (κ2) is 3.02. The molecule has 0 radical (unpaired) electrons. The molecule has 1 aliphatic heterocycles. The molecule has 0 fully saturated rings. The lowest BCUT2D eigenvalue weighted by atomic mass is 10.1. The highest BCUT2D eigenvalue weighted by molar-refractivity contribution is 5.64. The van der Waals surface area contributed by atoms with Crippen LogP contribution in [0.1, 0.15) is 0 Å². The maximum absolute atomic E-state index is 5.33. The van der Waals surface area contributed by atoms with Crippen molar-refractivity contribution in [3.8, 4) is 22.8 Å². The van der Waals surface area contributed by atoms with Gasteiger partial charge in [0, 0.05) is 12.6 Å². The van der Waals surface area contributed by atoms with Crippen LogP contribution in [0, 0.1) is 0 Å². The maximum atomic E-state index is 5.33. The molecule has 1 aliphatic rings. The zero-order chi connectivity index (χ0) is 10.3. The Morgan fingerprint density at radius 3 is 2.93 bits per heavy atom. The summed E-state index contributed by atoms with van der Waals surface area (Å²) in [5, 5.41) is 0. The Bertz CT molecular complexity index is 505. The van der Waals surface area contributed by atoms with Crippen molar-refractivity contribution in [2.24, 2.45) is 7.05 Å². The van der Waals surface area contributed by atoms with E-state index in [1.165, 1.54) is 0 Å². The molecule has 0 aliphatic carbocycles. The quantitative estimate of drug-likeness (QED) is 0.707. The zero-order valence-electron chi connectivity index (χ0n) is 8.30. The van der Waals surface area contributed by atoms with Crippen LogP contribution in [0.15, 0.2) is 30.7 Å². The minimum atomic E-state index is 0.310. The van der Waals surface area contributed by atoms with Crippen molar-refractivity contribution in [2.75, 3.05) is 6.79 Å². The van der Waals surface area contributed by atoms with Crippen molar-refractivity contribution in [1.29, 1.82) is 0 Å². The number of rotatable bonds is 1. The van der Waals surface area contributed by atoms with Gasteiger partial charge in [0.05, 0.1) is 18.2 Å².